The molecular weight excluding hydrogens is 536 g/mol. The summed E-state index contributed by atoms with van der Waals surface area (Å²) in [6.07, 6.45) is 3.67. The first-order valence-electron chi connectivity index (χ1n) is 14.8. The molecule has 4 aromatic carbocycles. The van der Waals surface area contributed by atoms with Crippen LogP contribution in [0.1, 0.15) is 66.9 Å². The van der Waals surface area contributed by atoms with Crippen LogP contribution in [-0.4, -0.2) is 29.3 Å². The summed E-state index contributed by atoms with van der Waals surface area (Å²) in [5, 5.41) is 5.87. The fourth-order valence-corrected chi connectivity index (χ4v) is 5.99. The fourth-order valence-electron chi connectivity index (χ4n) is 5.99. The molecule has 1 aliphatic rings. The lowest BCUT2D eigenvalue weighted by Crippen LogP contribution is -2.32. The summed E-state index contributed by atoms with van der Waals surface area (Å²) in [7, 11) is 0. The summed E-state index contributed by atoms with van der Waals surface area (Å²) in [6.45, 7) is 7.56. The number of carbonyl (C=O) groups excluding carboxylic acids is 2. The normalized spacial score (nSPS) is 13.0. The number of aryl methyl sites for hydroxylation is 1. The summed E-state index contributed by atoms with van der Waals surface area (Å²) >= 11 is 0. The highest BCUT2D eigenvalue weighted by Gasteiger charge is 2.25. The Bertz CT molecular complexity index is 1890. The first-order chi connectivity index (χ1) is 20.7. The number of amides is 1. The maximum Gasteiger partial charge on any atom is 0.407 e. The van der Waals surface area contributed by atoms with E-state index in [2.05, 4.69) is 95.2 Å². The molecule has 0 bridgehead atoms. The van der Waals surface area contributed by atoms with Crippen LogP contribution in [0.25, 0.3) is 38.4 Å². The van der Waals surface area contributed by atoms with Gasteiger partial charge >= 0.3 is 12.1 Å². The molecule has 6 nitrogen and oxygen atoms in total. The number of ether oxygens (including phenoxy) is 2. The second-order valence-electron chi connectivity index (χ2n) is 11.8. The van der Waals surface area contributed by atoms with Crippen molar-refractivity contribution in [1.82, 2.24) is 10.3 Å². The van der Waals surface area contributed by atoms with E-state index in [1.54, 1.807) is 6.92 Å². The van der Waals surface area contributed by atoms with Gasteiger partial charge in [0, 0.05) is 10.9 Å². The Balaban J connectivity index is 1.58. The Kier molecular flexibility index (Phi) is 7.53. The number of aromatic nitrogens is 1. The predicted molar refractivity (Wildman–Crippen MR) is 172 cm³/mol. The van der Waals surface area contributed by atoms with Crippen molar-refractivity contribution in [3.8, 4) is 11.1 Å². The molecule has 1 aliphatic carbocycles. The van der Waals surface area contributed by atoms with Crippen LogP contribution in [-0.2, 0) is 22.4 Å². The number of carbonyl (C=O) groups is 2. The molecule has 218 valence electrons. The van der Waals surface area contributed by atoms with Crippen molar-refractivity contribution in [3.63, 3.8) is 0 Å². The number of aromatic amines is 1. The third-order valence-corrected chi connectivity index (χ3v) is 7.74. The number of fused-ring (bicyclic) bond motifs is 3. The molecule has 0 spiro atoms. The van der Waals surface area contributed by atoms with Gasteiger partial charge in [0.1, 0.15) is 5.60 Å². The van der Waals surface area contributed by atoms with Gasteiger partial charge in [-0.25, -0.2) is 9.59 Å². The molecule has 6 heteroatoms. The van der Waals surface area contributed by atoms with Gasteiger partial charge in [-0.1, -0.05) is 72.8 Å². The summed E-state index contributed by atoms with van der Waals surface area (Å²) < 4.78 is 11.0. The lowest BCUT2D eigenvalue weighted by molar-refractivity contribution is 0.0503. The van der Waals surface area contributed by atoms with Gasteiger partial charge in [-0.15, -0.1) is 0 Å². The van der Waals surface area contributed by atoms with Crippen LogP contribution in [0.4, 0.5) is 4.79 Å². The number of nitrogens with one attached hydrogen (secondary N) is 2. The number of hydrogen-bond acceptors (Lipinski definition) is 4. The molecule has 0 saturated carbocycles. The van der Waals surface area contributed by atoms with Crippen LogP contribution in [0.15, 0.2) is 84.9 Å². The van der Waals surface area contributed by atoms with Crippen LogP contribution < -0.4 is 5.32 Å². The zero-order valence-electron chi connectivity index (χ0n) is 25.0. The maximum atomic E-state index is 13.4. The quantitative estimate of drug-likeness (QED) is 0.200. The molecule has 1 aromatic heterocycles. The maximum absolute atomic E-state index is 13.4. The smallest absolute Gasteiger partial charge is 0.407 e. The SMILES string of the molecule is CCOC(=O)c1c(CNC(=O)OC(C)(C)C)[nH]c2cc(-c3cccc4ccccc34)c(C3=CCCc4ccccc43)cc12. The zero-order chi connectivity index (χ0) is 30.1. The molecule has 43 heavy (non-hydrogen) atoms. The van der Waals surface area contributed by atoms with E-state index in [-0.39, 0.29) is 13.2 Å². The topological polar surface area (TPSA) is 80.4 Å². The first kappa shape index (κ1) is 28.3. The predicted octanol–water partition coefficient (Wildman–Crippen LogP) is 8.57. The molecule has 0 unspecified atom stereocenters. The molecule has 0 atom stereocenters. The van der Waals surface area contributed by atoms with E-state index in [0.717, 1.165) is 56.8 Å². The van der Waals surface area contributed by atoms with Gasteiger partial charge in [-0.05, 0) is 96.8 Å². The van der Waals surface area contributed by atoms with Gasteiger partial charge in [0.2, 0.25) is 0 Å². The summed E-state index contributed by atoms with van der Waals surface area (Å²) in [4.78, 5) is 29.4. The van der Waals surface area contributed by atoms with E-state index in [0.29, 0.717) is 11.3 Å². The van der Waals surface area contributed by atoms with Crippen LogP contribution in [0.5, 0.6) is 0 Å². The molecule has 0 radical (unpaired) electrons. The number of benzene rings is 4. The van der Waals surface area contributed by atoms with E-state index >= 15 is 0 Å². The van der Waals surface area contributed by atoms with Gasteiger partial charge in [-0.3, -0.25) is 0 Å². The van der Waals surface area contributed by atoms with Crippen LogP contribution >= 0.6 is 0 Å². The third-order valence-electron chi connectivity index (χ3n) is 7.74. The first-order valence-corrected chi connectivity index (χ1v) is 14.8. The van der Waals surface area contributed by atoms with Crippen molar-refractivity contribution in [1.29, 1.82) is 0 Å². The molecule has 1 amide bonds. The fraction of sp³-hybridized carbons (Fsp3) is 0.243. The van der Waals surface area contributed by atoms with Crippen molar-refractivity contribution in [3.05, 3.63) is 113 Å². The van der Waals surface area contributed by atoms with Gasteiger partial charge < -0.3 is 19.8 Å². The van der Waals surface area contributed by atoms with E-state index < -0.39 is 17.7 Å². The molecule has 0 fully saturated rings. The molecule has 5 aromatic rings. The Morgan fingerprint density at radius 1 is 0.860 bits per heavy atom. The van der Waals surface area contributed by atoms with E-state index in [1.807, 2.05) is 20.8 Å². The van der Waals surface area contributed by atoms with E-state index in [1.165, 1.54) is 11.1 Å². The lowest BCUT2D eigenvalue weighted by atomic mass is 9.82. The highest BCUT2D eigenvalue weighted by molar-refractivity contribution is 6.10. The Labute approximate surface area is 251 Å². The van der Waals surface area contributed by atoms with Crippen LogP contribution in [0.3, 0.4) is 0 Å². The number of alkyl carbamates (subject to hydrolysis) is 1. The van der Waals surface area contributed by atoms with Crippen molar-refractivity contribution in [2.75, 3.05) is 6.61 Å². The number of esters is 1. The average molecular weight is 573 g/mol. The zero-order valence-corrected chi connectivity index (χ0v) is 25.0. The minimum Gasteiger partial charge on any atom is -0.462 e. The van der Waals surface area contributed by atoms with Crippen LogP contribution in [0.2, 0.25) is 0 Å². The van der Waals surface area contributed by atoms with E-state index in [4.69, 9.17) is 9.47 Å². The van der Waals surface area contributed by atoms with Crippen LogP contribution in [0, 0.1) is 0 Å². The monoisotopic (exact) mass is 572 g/mol. The van der Waals surface area contributed by atoms with Gasteiger partial charge in [0.05, 0.1) is 24.4 Å². The standard InChI is InChI=1S/C37H36N2O4/c1-5-42-35(40)34-31-20-29(27-18-10-14-23-12-6-8-16-25(23)27)30(28-19-11-15-24-13-7-9-17-26(24)28)21-32(31)39-33(34)22-38-36(41)43-37(2,3)4/h6-9,11-13,15-21,39H,5,10,14,22H2,1-4H3,(H,38,41). The third kappa shape index (κ3) is 5.65. The van der Waals surface area contributed by atoms with Crippen molar-refractivity contribution < 1.29 is 19.1 Å². The lowest BCUT2D eigenvalue weighted by Gasteiger charge is -2.21. The van der Waals surface area contributed by atoms with Crippen molar-refractivity contribution >= 4 is 39.3 Å². The minimum absolute atomic E-state index is 0.0855. The molecule has 1 heterocycles. The number of rotatable bonds is 6. The van der Waals surface area contributed by atoms with Crippen molar-refractivity contribution in [2.45, 2.75) is 52.7 Å². The molecular formula is C37H36N2O4. The number of allylic oxidation sites excluding steroid dienone is 1. The Morgan fingerprint density at radius 3 is 2.42 bits per heavy atom. The number of hydrogen-bond donors (Lipinski definition) is 2. The molecule has 0 aliphatic heterocycles. The van der Waals surface area contributed by atoms with Crippen molar-refractivity contribution in [2.24, 2.45) is 0 Å². The van der Waals surface area contributed by atoms with Gasteiger partial charge in [-0.2, -0.15) is 0 Å². The molecule has 6 rings (SSSR count). The number of H-pyrrole nitrogens is 1. The highest BCUT2D eigenvalue weighted by atomic mass is 16.6. The Hall–Kier alpha value is -4.84. The minimum atomic E-state index is -0.638. The Morgan fingerprint density at radius 2 is 1.60 bits per heavy atom. The molecule has 2 N–H and O–H groups in total. The molecule has 0 saturated heterocycles. The van der Waals surface area contributed by atoms with Gasteiger partial charge in [0.25, 0.3) is 0 Å². The highest BCUT2D eigenvalue weighted by Crippen LogP contribution is 2.42. The summed E-state index contributed by atoms with van der Waals surface area (Å²) in [5.74, 6) is -0.434. The van der Waals surface area contributed by atoms with Gasteiger partial charge in [0.15, 0.2) is 0 Å². The largest absolute Gasteiger partial charge is 0.462 e. The second-order valence-corrected chi connectivity index (χ2v) is 11.8. The van der Waals surface area contributed by atoms with E-state index in [9.17, 15) is 9.59 Å². The second kappa shape index (κ2) is 11.4. The average Bonchev–Trinajstić information content (AvgIpc) is 3.35. The summed E-state index contributed by atoms with van der Waals surface area (Å²) in [6, 6.07) is 27.5. The summed E-state index contributed by atoms with van der Waals surface area (Å²) in [5.41, 5.74) is 8.03.